The minimum atomic E-state index is -3.98. The molecule has 38 heavy (non-hydrogen) atoms. The lowest BCUT2D eigenvalue weighted by atomic mass is 10.2. The van der Waals surface area contributed by atoms with Gasteiger partial charge in [0.25, 0.3) is 5.91 Å². The third-order valence-electron chi connectivity index (χ3n) is 5.42. The molecule has 0 radical (unpaired) electrons. The van der Waals surface area contributed by atoms with E-state index in [0.717, 1.165) is 11.1 Å². The molecule has 4 aromatic rings. The van der Waals surface area contributed by atoms with Crippen molar-refractivity contribution in [2.45, 2.75) is 18.4 Å². The van der Waals surface area contributed by atoms with Crippen LogP contribution in [0.1, 0.15) is 27.0 Å². The standard InChI is InChI=1S/C29H26N2O6S/c1-21-11-14-26(15-12-21)38(33,34)37-25-10-6-9-23(17-25)19-30-31-29(32)24-13-16-27(28(18-24)35-2)36-20-22-7-4-3-5-8-22/h3-19H,20H2,1-2H3,(H,31,32)/b30-19+. The lowest BCUT2D eigenvalue weighted by Crippen LogP contribution is -2.17. The van der Waals surface area contributed by atoms with Crippen molar-refractivity contribution in [3.63, 3.8) is 0 Å². The third-order valence-corrected chi connectivity index (χ3v) is 6.68. The van der Waals surface area contributed by atoms with Crippen LogP contribution in [-0.4, -0.2) is 27.6 Å². The molecule has 1 N–H and O–H groups in total. The predicted octanol–water partition coefficient (Wildman–Crippen LogP) is 5.11. The molecule has 0 atom stereocenters. The van der Waals surface area contributed by atoms with Crippen LogP contribution < -0.4 is 19.1 Å². The van der Waals surface area contributed by atoms with E-state index in [1.807, 2.05) is 37.3 Å². The van der Waals surface area contributed by atoms with Gasteiger partial charge in [-0.25, -0.2) is 5.43 Å². The number of hydrogen-bond acceptors (Lipinski definition) is 7. The summed E-state index contributed by atoms with van der Waals surface area (Å²) in [5, 5.41) is 3.98. The summed E-state index contributed by atoms with van der Waals surface area (Å²) in [5.74, 6) is 0.589. The van der Waals surface area contributed by atoms with Crippen molar-refractivity contribution in [1.29, 1.82) is 0 Å². The van der Waals surface area contributed by atoms with Crippen molar-refractivity contribution in [2.24, 2.45) is 5.10 Å². The Hall–Kier alpha value is -4.63. The van der Waals surface area contributed by atoms with Crippen LogP contribution in [-0.2, 0) is 16.7 Å². The molecule has 0 spiro atoms. The maximum atomic E-state index is 12.6. The highest BCUT2D eigenvalue weighted by atomic mass is 32.2. The number of carbonyl (C=O) groups excluding carboxylic acids is 1. The van der Waals surface area contributed by atoms with E-state index >= 15 is 0 Å². The molecule has 4 aromatic carbocycles. The Morgan fingerprint density at radius 3 is 2.39 bits per heavy atom. The first kappa shape index (κ1) is 26.4. The second-order valence-electron chi connectivity index (χ2n) is 8.26. The average Bonchev–Trinajstić information content (AvgIpc) is 2.92. The van der Waals surface area contributed by atoms with Gasteiger partial charge in [0.05, 0.1) is 13.3 Å². The first-order valence-electron chi connectivity index (χ1n) is 11.6. The molecule has 0 saturated heterocycles. The molecule has 194 valence electrons. The fourth-order valence-electron chi connectivity index (χ4n) is 3.42. The van der Waals surface area contributed by atoms with E-state index in [9.17, 15) is 13.2 Å². The highest BCUT2D eigenvalue weighted by Crippen LogP contribution is 2.29. The van der Waals surface area contributed by atoms with E-state index in [2.05, 4.69) is 10.5 Å². The van der Waals surface area contributed by atoms with Crippen molar-refractivity contribution in [2.75, 3.05) is 7.11 Å². The molecule has 0 bridgehead atoms. The van der Waals surface area contributed by atoms with E-state index in [0.29, 0.717) is 29.2 Å². The number of rotatable bonds is 10. The van der Waals surface area contributed by atoms with Gasteiger partial charge in [-0.15, -0.1) is 0 Å². The topological polar surface area (TPSA) is 103 Å². The van der Waals surface area contributed by atoms with Crippen LogP contribution in [0, 0.1) is 6.92 Å². The van der Waals surface area contributed by atoms with Crippen LogP contribution >= 0.6 is 0 Å². The molecule has 0 unspecified atom stereocenters. The van der Waals surface area contributed by atoms with Crippen LogP contribution in [0.4, 0.5) is 0 Å². The Balaban J connectivity index is 1.38. The Bertz CT molecular complexity index is 1540. The number of ether oxygens (including phenoxy) is 2. The molecular formula is C29H26N2O6S. The molecular weight excluding hydrogens is 504 g/mol. The van der Waals surface area contributed by atoms with Crippen molar-refractivity contribution >= 4 is 22.2 Å². The number of methoxy groups -OCH3 is 1. The number of benzene rings is 4. The van der Waals surface area contributed by atoms with E-state index < -0.39 is 16.0 Å². The summed E-state index contributed by atoms with van der Waals surface area (Å²) in [6.45, 7) is 2.23. The van der Waals surface area contributed by atoms with Crippen LogP contribution in [0.25, 0.3) is 0 Å². The fourth-order valence-corrected chi connectivity index (χ4v) is 4.34. The van der Waals surface area contributed by atoms with Gasteiger partial charge >= 0.3 is 10.1 Å². The van der Waals surface area contributed by atoms with Crippen molar-refractivity contribution < 1.29 is 26.9 Å². The third kappa shape index (κ3) is 6.98. The van der Waals surface area contributed by atoms with E-state index in [1.54, 1.807) is 42.5 Å². The summed E-state index contributed by atoms with van der Waals surface area (Å²) in [6, 6.07) is 27.3. The smallest absolute Gasteiger partial charge is 0.339 e. The van der Waals surface area contributed by atoms with Crippen LogP contribution in [0.2, 0.25) is 0 Å². The lowest BCUT2D eigenvalue weighted by molar-refractivity contribution is 0.0954. The molecule has 0 saturated carbocycles. The molecule has 0 aliphatic rings. The van der Waals surface area contributed by atoms with Crippen molar-refractivity contribution in [3.05, 3.63) is 119 Å². The molecule has 0 aliphatic carbocycles. The number of nitrogens with zero attached hydrogens (tertiary/aromatic N) is 1. The van der Waals surface area contributed by atoms with Crippen LogP contribution in [0.5, 0.6) is 17.2 Å². The minimum absolute atomic E-state index is 0.0568. The van der Waals surface area contributed by atoms with E-state index in [1.165, 1.54) is 37.6 Å². The highest BCUT2D eigenvalue weighted by Gasteiger charge is 2.16. The number of hydrazone groups is 1. The lowest BCUT2D eigenvalue weighted by Gasteiger charge is -2.12. The SMILES string of the molecule is COc1cc(C(=O)N/N=C/c2cccc(OS(=O)(=O)c3ccc(C)cc3)c2)ccc1OCc1ccccc1. The number of amides is 1. The highest BCUT2D eigenvalue weighted by molar-refractivity contribution is 7.87. The van der Waals surface area contributed by atoms with Gasteiger partial charge in [-0.1, -0.05) is 60.2 Å². The molecule has 0 fully saturated rings. The molecule has 8 nitrogen and oxygen atoms in total. The Labute approximate surface area is 221 Å². The number of carbonyl (C=O) groups is 1. The molecule has 0 aromatic heterocycles. The largest absolute Gasteiger partial charge is 0.493 e. The van der Waals surface area contributed by atoms with Gasteiger partial charge in [-0.2, -0.15) is 13.5 Å². The predicted molar refractivity (Wildman–Crippen MR) is 144 cm³/mol. The monoisotopic (exact) mass is 530 g/mol. The summed E-state index contributed by atoms with van der Waals surface area (Å²) >= 11 is 0. The number of hydrogen-bond donors (Lipinski definition) is 1. The normalized spacial score (nSPS) is 11.2. The van der Waals surface area contributed by atoms with E-state index in [-0.39, 0.29) is 10.6 Å². The second-order valence-corrected chi connectivity index (χ2v) is 9.81. The van der Waals surface area contributed by atoms with Crippen molar-refractivity contribution in [1.82, 2.24) is 5.43 Å². The van der Waals surface area contributed by atoms with Crippen LogP contribution in [0.3, 0.4) is 0 Å². The number of nitrogens with one attached hydrogen (secondary N) is 1. The molecule has 4 rings (SSSR count). The average molecular weight is 531 g/mol. The summed E-state index contributed by atoms with van der Waals surface area (Å²) in [7, 11) is -2.48. The Kier molecular flexibility index (Phi) is 8.40. The van der Waals surface area contributed by atoms with Crippen LogP contribution in [0.15, 0.2) is 107 Å². The van der Waals surface area contributed by atoms with E-state index in [4.69, 9.17) is 13.7 Å². The van der Waals surface area contributed by atoms with Gasteiger partial charge in [0.15, 0.2) is 11.5 Å². The van der Waals surface area contributed by atoms with Gasteiger partial charge in [0.1, 0.15) is 17.3 Å². The molecule has 1 amide bonds. The second kappa shape index (κ2) is 12.1. The quantitative estimate of drug-likeness (QED) is 0.174. The summed E-state index contributed by atoms with van der Waals surface area (Å²) in [6.07, 6.45) is 1.39. The molecule has 0 aliphatic heterocycles. The van der Waals surface area contributed by atoms with Gasteiger partial charge in [0.2, 0.25) is 0 Å². The van der Waals surface area contributed by atoms with Gasteiger partial charge in [-0.05, 0) is 60.5 Å². The maximum absolute atomic E-state index is 12.6. The number of aryl methyl sites for hydroxylation is 1. The fraction of sp³-hybridized carbons (Fsp3) is 0.103. The zero-order valence-corrected chi connectivity index (χ0v) is 21.6. The van der Waals surface area contributed by atoms with Gasteiger partial charge in [-0.3, -0.25) is 4.79 Å². The molecule has 0 heterocycles. The first-order chi connectivity index (χ1) is 18.3. The maximum Gasteiger partial charge on any atom is 0.339 e. The molecule has 9 heteroatoms. The Morgan fingerprint density at radius 1 is 0.895 bits per heavy atom. The zero-order valence-electron chi connectivity index (χ0n) is 20.8. The zero-order chi connectivity index (χ0) is 27.0. The summed E-state index contributed by atoms with van der Waals surface area (Å²) < 4.78 is 41.5. The first-order valence-corrected chi connectivity index (χ1v) is 13.0. The van der Waals surface area contributed by atoms with Gasteiger partial charge < -0.3 is 13.7 Å². The van der Waals surface area contributed by atoms with Crippen molar-refractivity contribution in [3.8, 4) is 17.2 Å². The Morgan fingerprint density at radius 2 is 1.66 bits per heavy atom. The van der Waals surface area contributed by atoms with Gasteiger partial charge in [0, 0.05) is 5.56 Å². The summed E-state index contributed by atoms with van der Waals surface area (Å²) in [4.78, 5) is 12.7. The summed E-state index contributed by atoms with van der Waals surface area (Å²) in [5.41, 5.74) is 5.25. The minimum Gasteiger partial charge on any atom is -0.493 e.